The van der Waals surface area contributed by atoms with Crippen molar-refractivity contribution in [1.29, 1.82) is 0 Å². The van der Waals surface area contributed by atoms with Crippen molar-refractivity contribution in [3.63, 3.8) is 0 Å². The van der Waals surface area contributed by atoms with Gasteiger partial charge >= 0.3 is 0 Å². The molecular weight excluding hydrogens is 355 g/mol. The van der Waals surface area contributed by atoms with Gasteiger partial charge in [-0.25, -0.2) is 4.39 Å². The van der Waals surface area contributed by atoms with Gasteiger partial charge < -0.3 is 20.3 Å². The molecule has 0 amide bonds. The zero-order valence-corrected chi connectivity index (χ0v) is 17.2. The molecule has 6 heteroatoms. The first-order chi connectivity index (χ1) is 13.7. The van der Waals surface area contributed by atoms with Gasteiger partial charge in [0.15, 0.2) is 5.96 Å². The fourth-order valence-electron chi connectivity index (χ4n) is 4.21. The molecule has 2 aliphatic heterocycles. The van der Waals surface area contributed by atoms with E-state index in [4.69, 9.17) is 9.73 Å². The second-order valence-corrected chi connectivity index (χ2v) is 7.93. The quantitative estimate of drug-likeness (QED) is 0.555. The Morgan fingerprint density at radius 1 is 1.18 bits per heavy atom. The highest BCUT2D eigenvalue weighted by Crippen LogP contribution is 2.35. The Hall–Kier alpha value is -1.66. The molecule has 3 rings (SSSR count). The number of likely N-dealkylation sites (tertiary alicyclic amines) is 1. The highest BCUT2D eigenvalue weighted by atomic mass is 19.1. The molecule has 0 unspecified atom stereocenters. The average Bonchev–Trinajstić information content (AvgIpc) is 2.73. The first-order valence-corrected chi connectivity index (χ1v) is 10.8. The smallest absolute Gasteiger partial charge is 0.191 e. The van der Waals surface area contributed by atoms with Gasteiger partial charge in [-0.2, -0.15) is 0 Å². The van der Waals surface area contributed by atoms with Gasteiger partial charge in [-0.05, 0) is 63.4 Å². The number of hydrogen-bond acceptors (Lipinski definition) is 3. The lowest BCUT2D eigenvalue weighted by Crippen LogP contribution is -2.44. The van der Waals surface area contributed by atoms with E-state index in [0.717, 1.165) is 44.0 Å². The Balaban J connectivity index is 1.64. The van der Waals surface area contributed by atoms with Gasteiger partial charge in [-0.1, -0.05) is 18.6 Å². The average molecular weight is 391 g/mol. The third kappa shape index (κ3) is 5.92. The van der Waals surface area contributed by atoms with E-state index in [2.05, 4.69) is 22.5 Å². The lowest BCUT2D eigenvalue weighted by Gasteiger charge is -2.36. The van der Waals surface area contributed by atoms with Gasteiger partial charge in [-0.15, -0.1) is 0 Å². The van der Waals surface area contributed by atoms with Crippen LogP contribution in [0.3, 0.4) is 0 Å². The molecule has 28 heavy (non-hydrogen) atoms. The summed E-state index contributed by atoms with van der Waals surface area (Å²) < 4.78 is 19.4. The van der Waals surface area contributed by atoms with Crippen LogP contribution in [0.5, 0.6) is 0 Å². The highest BCUT2D eigenvalue weighted by molar-refractivity contribution is 5.79. The van der Waals surface area contributed by atoms with Crippen LogP contribution in [-0.2, 0) is 10.2 Å². The van der Waals surface area contributed by atoms with E-state index in [1.807, 2.05) is 6.07 Å². The lowest BCUT2D eigenvalue weighted by atomic mass is 9.74. The molecule has 1 aromatic carbocycles. The summed E-state index contributed by atoms with van der Waals surface area (Å²) in [6.45, 7) is 9.30. The second kappa shape index (κ2) is 10.8. The van der Waals surface area contributed by atoms with Crippen LogP contribution >= 0.6 is 0 Å². The summed E-state index contributed by atoms with van der Waals surface area (Å²) >= 11 is 0. The number of rotatable bonds is 7. The number of aliphatic imine (C=N–C) groups is 1. The Kier molecular flexibility index (Phi) is 8.10. The standard InChI is InChI=1S/C22H35FN4O/c1-2-24-21(25-11-14-27-12-4-3-5-13-27)26-18-22(9-15-28-16-10-22)19-7-6-8-20(23)17-19/h6-8,17H,2-5,9-16,18H2,1H3,(H2,24,25,26). The molecule has 0 spiro atoms. The topological polar surface area (TPSA) is 48.9 Å². The SMILES string of the molecule is CCNC(=NCC1(c2cccc(F)c2)CCOCC1)NCCN1CCCCC1. The fraction of sp³-hybridized carbons (Fsp3) is 0.682. The molecule has 0 radical (unpaired) electrons. The van der Waals surface area contributed by atoms with E-state index in [-0.39, 0.29) is 11.2 Å². The number of hydrogen-bond donors (Lipinski definition) is 2. The van der Waals surface area contributed by atoms with Crippen LogP contribution in [0.25, 0.3) is 0 Å². The van der Waals surface area contributed by atoms with Crippen LogP contribution in [0.15, 0.2) is 29.3 Å². The fourth-order valence-corrected chi connectivity index (χ4v) is 4.21. The molecule has 2 aliphatic rings. The summed E-state index contributed by atoms with van der Waals surface area (Å²) in [6.07, 6.45) is 5.72. The minimum atomic E-state index is -0.182. The predicted molar refractivity (Wildman–Crippen MR) is 112 cm³/mol. The second-order valence-electron chi connectivity index (χ2n) is 7.93. The minimum Gasteiger partial charge on any atom is -0.381 e. The molecule has 156 valence electrons. The van der Waals surface area contributed by atoms with Gasteiger partial charge in [0.1, 0.15) is 5.82 Å². The molecule has 1 aromatic rings. The molecular formula is C22H35FN4O. The number of piperidine rings is 1. The van der Waals surface area contributed by atoms with Gasteiger partial charge in [-0.3, -0.25) is 4.99 Å². The maximum Gasteiger partial charge on any atom is 0.191 e. The van der Waals surface area contributed by atoms with Crippen LogP contribution in [0.2, 0.25) is 0 Å². The van der Waals surface area contributed by atoms with Crippen molar-refractivity contribution in [2.45, 2.75) is 44.4 Å². The minimum absolute atomic E-state index is 0.157. The lowest BCUT2D eigenvalue weighted by molar-refractivity contribution is 0.0530. The first-order valence-electron chi connectivity index (χ1n) is 10.8. The van der Waals surface area contributed by atoms with Crippen molar-refractivity contribution < 1.29 is 9.13 Å². The van der Waals surface area contributed by atoms with E-state index in [1.165, 1.54) is 38.4 Å². The third-order valence-electron chi connectivity index (χ3n) is 5.94. The number of nitrogens with one attached hydrogen (secondary N) is 2. The molecule has 5 nitrogen and oxygen atoms in total. The number of halogens is 1. The van der Waals surface area contributed by atoms with Crippen LogP contribution in [0, 0.1) is 5.82 Å². The summed E-state index contributed by atoms with van der Waals surface area (Å²) in [5, 5.41) is 6.83. The van der Waals surface area contributed by atoms with Crippen LogP contribution in [-0.4, -0.2) is 63.3 Å². The molecule has 2 fully saturated rings. The summed E-state index contributed by atoms with van der Waals surface area (Å²) in [5.41, 5.74) is 0.874. The summed E-state index contributed by atoms with van der Waals surface area (Å²) in [6, 6.07) is 7.00. The third-order valence-corrected chi connectivity index (χ3v) is 5.94. The Labute approximate surface area is 168 Å². The maximum absolute atomic E-state index is 13.9. The van der Waals surface area contributed by atoms with E-state index in [9.17, 15) is 4.39 Å². The monoisotopic (exact) mass is 390 g/mol. The van der Waals surface area contributed by atoms with Gasteiger partial charge in [0.2, 0.25) is 0 Å². The van der Waals surface area contributed by atoms with Crippen molar-refractivity contribution in [1.82, 2.24) is 15.5 Å². The van der Waals surface area contributed by atoms with Crippen molar-refractivity contribution in [3.8, 4) is 0 Å². The summed E-state index contributed by atoms with van der Waals surface area (Å²) in [7, 11) is 0. The number of benzene rings is 1. The molecule has 0 aromatic heterocycles. The van der Waals surface area contributed by atoms with Crippen molar-refractivity contribution in [2.24, 2.45) is 4.99 Å². The highest BCUT2D eigenvalue weighted by Gasteiger charge is 2.34. The first kappa shape index (κ1) is 21.1. The Morgan fingerprint density at radius 2 is 1.96 bits per heavy atom. The van der Waals surface area contributed by atoms with Gasteiger partial charge in [0, 0.05) is 38.3 Å². The predicted octanol–water partition coefficient (Wildman–Crippen LogP) is 2.91. The molecule has 2 heterocycles. The molecule has 0 aliphatic carbocycles. The van der Waals surface area contributed by atoms with E-state index < -0.39 is 0 Å². The summed E-state index contributed by atoms with van der Waals surface area (Å²) in [4.78, 5) is 7.42. The number of ether oxygens (including phenoxy) is 1. The number of nitrogens with zero attached hydrogens (tertiary/aromatic N) is 2. The molecule has 0 saturated carbocycles. The number of guanidine groups is 1. The maximum atomic E-state index is 13.9. The normalized spacial score (nSPS) is 20.7. The van der Waals surface area contributed by atoms with Crippen LogP contribution < -0.4 is 10.6 Å². The molecule has 0 atom stereocenters. The van der Waals surface area contributed by atoms with Crippen molar-refractivity contribution in [3.05, 3.63) is 35.6 Å². The van der Waals surface area contributed by atoms with E-state index >= 15 is 0 Å². The van der Waals surface area contributed by atoms with Crippen molar-refractivity contribution in [2.75, 3.05) is 52.5 Å². The largest absolute Gasteiger partial charge is 0.381 e. The summed E-state index contributed by atoms with van der Waals surface area (Å²) in [5.74, 6) is 0.667. The molecule has 0 bridgehead atoms. The zero-order valence-electron chi connectivity index (χ0n) is 17.2. The zero-order chi connectivity index (χ0) is 19.7. The molecule has 2 N–H and O–H groups in total. The Morgan fingerprint density at radius 3 is 2.68 bits per heavy atom. The van der Waals surface area contributed by atoms with Gasteiger partial charge in [0.05, 0.1) is 6.54 Å². The van der Waals surface area contributed by atoms with Gasteiger partial charge in [0.25, 0.3) is 0 Å². The van der Waals surface area contributed by atoms with E-state index in [1.54, 1.807) is 12.1 Å². The van der Waals surface area contributed by atoms with Crippen molar-refractivity contribution >= 4 is 5.96 Å². The van der Waals surface area contributed by atoms with Crippen LogP contribution in [0.4, 0.5) is 4.39 Å². The van der Waals surface area contributed by atoms with E-state index in [0.29, 0.717) is 19.8 Å². The Bertz CT molecular complexity index is 625. The molecule has 2 saturated heterocycles. The van der Waals surface area contributed by atoms with Crippen LogP contribution in [0.1, 0.15) is 44.6 Å².